The van der Waals surface area contributed by atoms with Crippen LogP contribution in [0, 0.1) is 0 Å². The van der Waals surface area contributed by atoms with Crippen molar-refractivity contribution in [3.8, 4) is 0 Å². The molecule has 1 heterocycles. The van der Waals surface area contributed by atoms with Gasteiger partial charge in [0, 0.05) is 30.4 Å². The molecule has 33 heavy (non-hydrogen) atoms. The lowest BCUT2D eigenvalue weighted by atomic mass is 9.99. The molecular formula is C22H17F3N2O6. The molecule has 3 amide bonds. The van der Waals surface area contributed by atoms with E-state index in [9.17, 15) is 37.1 Å². The third-order valence-corrected chi connectivity index (χ3v) is 4.73. The Hall–Kier alpha value is -4.02. The normalized spacial score (nSPS) is 14.7. The van der Waals surface area contributed by atoms with E-state index in [1.54, 1.807) is 30.3 Å². The Morgan fingerprint density at radius 2 is 1.45 bits per heavy atom. The van der Waals surface area contributed by atoms with Crippen LogP contribution in [0.15, 0.2) is 54.6 Å². The topological polar surface area (TPSA) is 110 Å². The van der Waals surface area contributed by atoms with Crippen molar-refractivity contribution in [1.82, 2.24) is 10.4 Å². The van der Waals surface area contributed by atoms with Gasteiger partial charge in [-0.15, -0.1) is 5.06 Å². The number of alkyl halides is 3. The van der Waals surface area contributed by atoms with Crippen molar-refractivity contribution in [2.45, 2.75) is 31.5 Å². The Morgan fingerprint density at radius 1 is 0.909 bits per heavy atom. The van der Waals surface area contributed by atoms with Crippen LogP contribution in [0.3, 0.4) is 0 Å². The highest BCUT2D eigenvalue weighted by Gasteiger charge is 2.42. The highest BCUT2D eigenvalue weighted by molar-refractivity contribution is 6.09. The summed E-state index contributed by atoms with van der Waals surface area (Å²) in [6, 6.07) is 12.2. The molecule has 0 saturated carbocycles. The van der Waals surface area contributed by atoms with Crippen molar-refractivity contribution >= 4 is 29.5 Å². The second-order valence-corrected chi connectivity index (χ2v) is 7.11. The van der Waals surface area contributed by atoms with E-state index in [1.165, 1.54) is 29.6 Å². The third-order valence-electron chi connectivity index (χ3n) is 4.73. The number of imide groups is 1. The molecule has 1 saturated heterocycles. The lowest BCUT2D eigenvalue weighted by molar-refractivity contribution is -0.200. The summed E-state index contributed by atoms with van der Waals surface area (Å²) in [6.45, 7) is 0. The summed E-state index contributed by atoms with van der Waals surface area (Å²) < 4.78 is 38.2. The molecule has 3 rings (SSSR count). The van der Waals surface area contributed by atoms with E-state index in [1.807, 2.05) is 0 Å². The Balaban J connectivity index is 1.76. The van der Waals surface area contributed by atoms with E-state index in [4.69, 9.17) is 0 Å². The summed E-state index contributed by atoms with van der Waals surface area (Å²) in [5, 5.41) is 1.69. The largest absolute Gasteiger partial charge is 0.471 e. The lowest BCUT2D eigenvalue weighted by Gasteiger charge is -2.21. The molecule has 0 aromatic heterocycles. The fraction of sp³-hybridized carbons (Fsp3) is 0.227. The molecule has 11 heteroatoms. The van der Waals surface area contributed by atoms with Crippen LogP contribution in [-0.4, -0.2) is 46.8 Å². The number of halogens is 3. The predicted molar refractivity (Wildman–Crippen MR) is 105 cm³/mol. The number of rotatable bonds is 7. The monoisotopic (exact) mass is 462 g/mol. The van der Waals surface area contributed by atoms with Gasteiger partial charge in [0.25, 0.3) is 11.8 Å². The minimum atomic E-state index is -5.27. The number of carbonyl (C=O) groups is 5. The number of amides is 3. The summed E-state index contributed by atoms with van der Waals surface area (Å²) in [5.74, 6) is -5.73. The van der Waals surface area contributed by atoms with Crippen LogP contribution in [0.4, 0.5) is 13.2 Å². The molecule has 0 aliphatic carbocycles. The number of hydroxylamine groups is 2. The van der Waals surface area contributed by atoms with E-state index in [0.717, 1.165) is 0 Å². The Morgan fingerprint density at radius 3 is 2.00 bits per heavy atom. The molecule has 2 aromatic rings. The van der Waals surface area contributed by atoms with Crippen molar-refractivity contribution in [2.24, 2.45) is 0 Å². The van der Waals surface area contributed by atoms with Gasteiger partial charge in [0.05, 0.1) is 0 Å². The number of hydrogen-bond donors (Lipinski definition) is 1. The van der Waals surface area contributed by atoms with Crippen molar-refractivity contribution in [2.75, 3.05) is 0 Å². The van der Waals surface area contributed by atoms with Crippen LogP contribution in [0.5, 0.6) is 0 Å². The Bertz CT molecular complexity index is 1070. The summed E-state index contributed by atoms with van der Waals surface area (Å²) in [5.41, 5.74) is 1.03. The fourth-order valence-electron chi connectivity index (χ4n) is 3.03. The zero-order valence-corrected chi connectivity index (χ0v) is 16.9. The number of benzene rings is 2. The van der Waals surface area contributed by atoms with E-state index in [2.05, 4.69) is 4.84 Å². The molecule has 1 aliphatic rings. The van der Waals surface area contributed by atoms with Crippen LogP contribution >= 0.6 is 0 Å². The molecule has 2 aromatic carbocycles. The van der Waals surface area contributed by atoms with Gasteiger partial charge in [-0.3, -0.25) is 19.2 Å². The molecule has 1 N–H and O–H groups in total. The minimum Gasteiger partial charge on any atom is -0.334 e. The SMILES string of the molecule is O=C(c1ccccc1)c1ccc(CC(NC(=O)C(F)(F)F)C(=O)ON2C(=O)CCC2=O)cc1. The third kappa shape index (κ3) is 5.82. The number of nitrogens with one attached hydrogen (secondary N) is 1. The first-order valence-corrected chi connectivity index (χ1v) is 9.70. The van der Waals surface area contributed by atoms with Crippen LogP contribution in [0.2, 0.25) is 0 Å². The van der Waals surface area contributed by atoms with E-state index in [0.29, 0.717) is 16.7 Å². The standard InChI is InChI=1S/C22H17F3N2O6/c23-22(24,25)21(32)26-16(20(31)33-27-17(28)10-11-18(27)29)12-13-6-8-15(9-7-13)19(30)14-4-2-1-3-5-14/h1-9,16H,10-12H2,(H,26,32). The highest BCUT2D eigenvalue weighted by Crippen LogP contribution is 2.18. The van der Waals surface area contributed by atoms with Gasteiger partial charge in [-0.1, -0.05) is 54.6 Å². The molecule has 1 atom stereocenters. The van der Waals surface area contributed by atoms with E-state index < -0.39 is 42.3 Å². The second-order valence-electron chi connectivity index (χ2n) is 7.11. The molecule has 8 nitrogen and oxygen atoms in total. The average molecular weight is 462 g/mol. The number of ketones is 1. The summed E-state index contributed by atoms with van der Waals surface area (Å²) in [4.78, 5) is 64.2. The molecular weight excluding hydrogens is 445 g/mol. The van der Waals surface area contributed by atoms with Crippen molar-refractivity contribution < 1.29 is 42.0 Å². The van der Waals surface area contributed by atoms with Crippen LogP contribution < -0.4 is 5.32 Å². The van der Waals surface area contributed by atoms with Crippen molar-refractivity contribution in [3.63, 3.8) is 0 Å². The first-order chi connectivity index (χ1) is 15.6. The number of carbonyl (C=O) groups excluding carboxylic acids is 5. The maximum atomic E-state index is 12.7. The maximum Gasteiger partial charge on any atom is 0.471 e. The average Bonchev–Trinajstić information content (AvgIpc) is 3.10. The Kier molecular flexibility index (Phi) is 6.90. The maximum absolute atomic E-state index is 12.7. The molecule has 0 radical (unpaired) electrons. The van der Waals surface area contributed by atoms with Gasteiger partial charge < -0.3 is 10.2 Å². The summed E-state index contributed by atoms with van der Waals surface area (Å²) in [7, 11) is 0. The number of nitrogens with zero attached hydrogens (tertiary/aromatic N) is 1. The van der Waals surface area contributed by atoms with Crippen molar-refractivity contribution in [1.29, 1.82) is 0 Å². The van der Waals surface area contributed by atoms with Gasteiger partial charge in [0.1, 0.15) is 6.04 Å². The smallest absolute Gasteiger partial charge is 0.334 e. The van der Waals surface area contributed by atoms with Crippen LogP contribution in [0.1, 0.15) is 34.3 Å². The molecule has 172 valence electrons. The van der Waals surface area contributed by atoms with Gasteiger partial charge in [-0.05, 0) is 5.56 Å². The van der Waals surface area contributed by atoms with E-state index in [-0.39, 0.29) is 23.7 Å². The van der Waals surface area contributed by atoms with Gasteiger partial charge in [-0.2, -0.15) is 13.2 Å². The van der Waals surface area contributed by atoms with Gasteiger partial charge in [-0.25, -0.2) is 4.79 Å². The molecule has 0 bridgehead atoms. The molecule has 1 fully saturated rings. The predicted octanol–water partition coefficient (Wildman–Crippen LogP) is 2.11. The minimum absolute atomic E-state index is 0.177. The zero-order valence-electron chi connectivity index (χ0n) is 16.9. The van der Waals surface area contributed by atoms with Crippen molar-refractivity contribution in [3.05, 3.63) is 71.3 Å². The van der Waals surface area contributed by atoms with Crippen LogP contribution in [0.25, 0.3) is 0 Å². The molecule has 0 spiro atoms. The van der Waals surface area contributed by atoms with Gasteiger partial charge in [0.2, 0.25) is 0 Å². The van der Waals surface area contributed by atoms with Gasteiger partial charge in [0.15, 0.2) is 5.78 Å². The molecule has 1 aliphatic heterocycles. The van der Waals surface area contributed by atoms with Crippen LogP contribution in [-0.2, 0) is 30.4 Å². The lowest BCUT2D eigenvalue weighted by Crippen LogP contribution is -2.50. The zero-order chi connectivity index (χ0) is 24.2. The second kappa shape index (κ2) is 9.63. The first kappa shape index (κ1) is 23.6. The number of hydrogen-bond acceptors (Lipinski definition) is 6. The summed E-state index contributed by atoms with van der Waals surface area (Å²) in [6.07, 6.45) is -6.13. The quantitative estimate of drug-likeness (QED) is 0.499. The van der Waals surface area contributed by atoms with E-state index >= 15 is 0 Å². The molecule has 1 unspecified atom stereocenters. The highest BCUT2D eigenvalue weighted by atomic mass is 19.4. The first-order valence-electron chi connectivity index (χ1n) is 9.70. The van der Waals surface area contributed by atoms with Gasteiger partial charge >= 0.3 is 18.1 Å². The Labute approximate surface area is 185 Å². The summed E-state index contributed by atoms with van der Waals surface area (Å²) >= 11 is 0. The fourth-order valence-corrected chi connectivity index (χ4v) is 3.03.